The third kappa shape index (κ3) is 4.31. The lowest BCUT2D eigenvalue weighted by Crippen LogP contribution is -2.36. The van der Waals surface area contributed by atoms with Crippen molar-refractivity contribution in [1.29, 1.82) is 0 Å². The lowest BCUT2D eigenvalue weighted by atomic mass is 10.2. The van der Waals surface area contributed by atoms with Gasteiger partial charge in [0.2, 0.25) is 5.91 Å². The van der Waals surface area contributed by atoms with Crippen molar-refractivity contribution in [3.05, 3.63) is 21.9 Å². The van der Waals surface area contributed by atoms with Crippen LogP contribution in [-0.2, 0) is 4.79 Å². The highest BCUT2D eigenvalue weighted by atomic mass is 35.5. The highest BCUT2D eigenvalue weighted by molar-refractivity contribution is 7.98. The Morgan fingerprint density at radius 1 is 1.61 bits per heavy atom. The van der Waals surface area contributed by atoms with Crippen molar-refractivity contribution < 1.29 is 4.79 Å². The molecule has 0 bridgehead atoms. The Morgan fingerprint density at radius 3 is 2.83 bits per heavy atom. The second-order valence-corrected chi connectivity index (χ2v) is 5.54. The Morgan fingerprint density at radius 2 is 2.28 bits per heavy atom. The molecule has 7 heteroatoms. The third-order valence-electron chi connectivity index (χ3n) is 2.36. The molecule has 0 saturated heterocycles. The normalized spacial score (nSPS) is 12.3. The second-order valence-electron chi connectivity index (χ2n) is 3.80. The number of nitrogens with two attached hydrogens (primary N) is 1. The molecule has 0 aromatic carbocycles. The molecule has 3 N–H and O–H groups in total. The van der Waals surface area contributed by atoms with Crippen molar-refractivity contribution in [2.45, 2.75) is 19.4 Å². The van der Waals surface area contributed by atoms with E-state index in [-0.39, 0.29) is 11.1 Å². The molecule has 4 nitrogen and oxygen atoms in total. The maximum absolute atomic E-state index is 11.8. The zero-order chi connectivity index (χ0) is 13.7. The maximum Gasteiger partial charge on any atom is 0.241 e. The fraction of sp³-hybridized carbons (Fsp3) is 0.455. The molecule has 1 rings (SSSR count). The summed E-state index contributed by atoms with van der Waals surface area (Å²) in [6.07, 6.45) is 2.58. The number of amides is 1. The van der Waals surface area contributed by atoms with Crippen LogP contribution in [0, 0.1) is 6.92 Å². The van der Waals surface area contributed by atoms with E-state index >= 15 is 0 Å². The molecule has 0 aliphatic carbocycles. The monoisotopic (exact) mass is 307 g/mol. The van der Waals surface area contributed by atoms with Crippen LogP contribution in [0.3, 0.4) is 0 Å². The first-order chi connectivity index (χ1) is 8.45. The number of anilines is 1. The van der Waals surface area contributed by atoms with Crippen LogP contribution < -0.4 is 11.1 Å². The maximum atomic E-state index is 11.8. The van der Waals surface area contributed by atoms with Gasteiger partial charge in [-0.25, -0.2) is 4.98 Å². The molecular formula is C11H15Cl2N3OS. The van der Waals surface area contributed by atoms with Crippen LogP contribution in [0.5, 0.6) is 0 Å². The third-order valence-corrected chi connectivity index (χ3v) is 3.47. The lowest BCUT2D eigenvalue weighted by Gasteiger charge is -2.14. The van der Waals surface area contributed by atoms with E-state index in [2.05, 4.69) is 10.3 Å². The van der Waals surface area contributed by atoms with E-state index in [1.165, 1.54) is 0 Å². The average molecular weight is 308 g/mol. The van der Waals surface area contributed by atoms with Crippen LogP contribution in [0.15, 0.2) is 6.07 Å². The Kier molecular flexibility index (Phi) is 6.21. The van der Waals surface area contributed by atoms with E-state index in [4.69, 9.17) is 28.9 Å². The number of halogens is 2. The Hall–Kier alpha value is -0.490. The predicted molar refractivity (Wildman–Crippen MR) is 78.6 cm³/mol. The van der Waals surface area contributed by atoms with Crippen molar-refractivity contribution >= 4 is 46.6 Å². The number of pyridine rings is 1. The van der Waals surface area contributed by atoms with Gasteiger partial charge in [-0.1, -0.05) is 23.2 Å². The molecule has 1 atom stereocenters. The minimum absolute atomic E-state index is 0.172. The molecule has 0 saturated carbocycles. The van der Waals surface area contributed by atoms with Gasteiger partial charge in [0.25, 0.3) is 0 Å². The molecule has 0 radical (unpaired) electrons. The van der Waals surface area contributed by atoms with Crippen LogP contribution in [0.4, 0.5) is 5.69 Å². The summed E-state index contributed by atoms with van der Waals surface area (Å²) in [5.74, 6) is 0.568. The minimum atomic E-state index is -0.552. The average Bonchev–Trinajstić information content (AvgIpc) is 2.30. The van der Waals surface area contributed by atoms with Crippen molar-refractivity contribution in [1.82, 2.24) is 4.98 Å². The van der Waals surface area contributed by atoms with Gasteiger partial charge in [0.1, 0.15) is 5.15 Å². The smallest absolute Gasteiger partial charge is 0.241 e. The topological polar surface area (TPSA) is 68.0 Å². The van der Waals surface area contributed by atoms with Gasteiger partial charge in [0.05, 0.1) is 11.7 Å². The standard InChI is InChI=1S/C11H15Cl2N3OS/c1-6-5-8(12)15-10(13)9(6)16-11(17)7(14)3-4-18-2/h5,7H,3-4,14H2,1-2H3,(H,16,17)/t7-/m0/s1. The molecule has 0 spiro atoms. The van der Waals surface area contributed by atoms with Gasteiger partial charge in [-0.2, -0.15) is 11.8 Å². The quantitative estimate of drug-likeness (QED) is 0.821. The molecular weight excluding hydrogens is 293 g/mol. The number of carbonyl (C=O) groups is 1. The summed E-state index contributed by atoms with van der Waals surface area (Å²) < 4.78 is 0. The fourth-order valence-electron chi connectivity index (χ4n) is 1.34. The summed E-state index contributed by atoms with van der Waals surface area (Å²) in [4.78, 5) is 15.7. The largest absolute Gasteiger partial charge is 0.322 e. The summed E-state index contributed by atoms with van der Waals surface area (Å²) >= 11 is 13.3. The molecule has 1 aromatic rings. The highest BCUT2D eigenvalue weighted by Crippen LogP contribution is 2.26. The van der Waals surface area contributed by atoms with Gasteiger partial charge in [-0.15, -0.1) is 0 Å². The van der Waals surface area contributed by atoms with Gasteiger partial charge in [0, 0.05) is 0 Å². The first kappa shape index (κ1) is 15.6. The number of aromatic nitrogens is 1. The number of rotatable bonds is 5. The first-order valence-electron chi connectivity index (χ1n) is 5.33. The van der Waals surface area contributed by atoms with Crippen molar-refractivity contribution in [3.8, 4) is 0 Å². The Labute approximate surface area is 121 Å². The van der Waals surface area contributed by atoms with Gasteiger partial charge in [0.15, 0.2) is 5.15 Å². The SMILES string of the molecule is CSCC[C@H](N)C(=O)Nc1c(C)cc(Cl)nc1Cl. The summed E-state index contributed by atoms with van der Waals surface area (Å²) in [5, 5.41) is 3.15. The number of hydrogen-bond acceptors (Lipinski definition) is 4. The van der Waals surface area contributed by atoms with Gasteiger partial charge < -0.3 is 11.1 Å². The summed E-state index contributed by atoms with van der Waals surface area (Å²) in [5.41, 5.74) is 6.98. The van der Waals surface area contributed by atoms with Gasteiger partial charge >= 0.3 is 0 Å². The molecule has 0 unspecified atom stereocenters. The van der Waals surface area contributed by atoms with Crippen LogP contribution in [0.2, 0.25) is 10.3 Å². The van der Waals surface area contributed by atoms with Crippen LogP contribution in [-0.4, -0.2) is 28.9 Å². The fourth-order valence-corrected chi connectivity index (χ4v) is 2.41. The number of thioether (sulfide) groups is 1. The lowest BCUT2D eigenvalue weighted by molar-refractivity contribution is -0.117. The van der Waals surface area contributed by atoms with Crippen molar-refractivity contribution in [3.63, 3.8) is 0 Å². The zero-order valence-electron chi connectivity index (χ0n) is 10.2. The van der Waals surface area contributed by atoms with E-state index < -0.39 is 6.04 Å². The van der Waals surface area contributed by atoms with Crippen molar-refractivity contribution in [2.75, 3.05) is 17.3 Å². The van der Waals surface area contributed by atoms with E-state index in [1.54, 1.807) is 24.8 Å². The van der Waals surface area contributed by atoms with E-state index in [0.29, 0.717) is 17.3 Å². The number of carbonyl (C=O) groups excluding carboxylic acids is 1. The number of nitrogens with zero attached hydrogens (tertiary/aromatic N) is 1. The van der Waals surface area contributed by atoms with Crippen molar-refractivity contribution in [2.24, 2.45) is 5.73 Å². The molecule has 0 aliphatic rings. The Balaban J connectivity index is 2.76. The molecule has 0 fully saturated rings. The first-order valence-corrected chi connectivity index (χ1v) is 7.48. The molecule has 1 aromatic heterocycles. The van der Waals surface area contributed by atoms with Gasteiger partial charge in [-0.05, 0) is 37.0 Å². The number of hydrogen-bond donors (Lipinski definition) is 2. The zero-order valence-corrected chi connectivity index (χ0v) is 12.5. The molecule has 1 amide bonds. The number of aryl methyl sites for hydroxylation is 1. The van der Waals surface area contributed by atoms with E-state index in [1.807, 2.05) is 6.26 Å². The molecule has 100 valence electrons. The highest BCUT2D eigenvalue weighted by Gasteiger charge is 2.16. The summed E-state index contributed by atoms with van der Waals surface area (Å²) in [6, 6.07) is 1.08. The molecule has 1 heterocycles. The van der Waals surface area contributed by atoms with E-state index in [0.717, 1.165) is 11.3 Å². The summed E-state index contributed by atoms with van der Waals surface area (Å²) in [6.45, 7) is 1.79. The second kappa shape index (κ2) is 7.19. The summed E-state index contributed by atoms with van der Waals surface area (Å²) in [7, 11) is 0. The van der Waals surface area contributed by atoms with E-state index in [9.17, 15) is 4.79 Å². The van der Waals surface area contributed by atoms with Crippen LogP contribution >= 0.6 is 35.0 Å². The van der Waals surface area contributed by atoms with Gasteiger partial charge in [-0.3, -0.25) is 4.79 Å². The predicted octanol–water partition coefficient (Wildman–Crippen LogP) is 2.72. The molecule has 0 aliphatic heterocycles. The molecule has 18 heavy (non-hydrogen) atoms. The number of nitrogens with one attached hydrogen (secondary N) is 1. The van der Waals surface area contributed by atoms with Crippen LogP contribution in [0.1, 0.15) is 12.0 Å². The minimum Gasteiger partial charge on any atom is -0.322 e. The van der Waals surface area contributed by atoms with Crippen LogP contribution in [0.25, 0.3) is 0 Å². The Bertz CT molecular complexity index is 419.